The number of hydrogen-bond donors (Lipinski definition) is 2. The molecule has 2 rings (SSSR count). The lowest BCUT2D eigenvalue weighted by Crippen LogP contribution is -2.39. The molecule has 1 aromatic rings. The van der Waals surface area contributed by atoms with Gasteiger partial charge in [0.25, 0.3) is 0 Å². The lowest BCUT2D eigenvalue weighted by atomic mass is 10.1. The maximum absolute atomic E-state index is 12.1. The van der Waals surface area contributed by atoms with Crippen molar-refractivity contribution in [1.29, 1.82) is 0 Å². The third kappa shape index (κ3) is 2.93. The number of benzene rings is 1. The first-order valence-corrected chi connectivity index (χ1v) is 6.39. The summed E-state index contributed by atoms with van der Waals surface area (Å²) in [4.78, 5) is 24.7. The molecule has 0 bridgehead atoms. The first kappa shape index (κ1) is 13.5. The minimum atomic E-state index is -0.936. The van der Waals surface area contributed by atoms with Gasteiger partial charge in [-0.05, 0) is 30.2 Å². The molecule has 102 valence electrons. The van der Waals surface area contributed by atoms with Gasteiger partial charge >= 0.3 is 5.97 Å². The molecule has 2 N–H and O–H groups in total. The molecule has 0 aromatic heterocycles. The molecule has 1 heterocycles. The van der Waals surface area contributed by atoms with Crippen LogP contribution < -0.4 is 10.2 Å². The van der Waals surface area contributed by atoms with Crippen LogP contribution in [0.25, 0.3) is 0 Å². The Morgan fingerprint density at radius 1 is 1.42 bits per heavy atom. The number of anilines is 1. The maximum Gasteiger partial charge on any atom is 0.335 e. The van der Waals surface area contributed by atoms with E-state index in [-0.39, 0.29) is 17.5 Å². The van der Waals surface area contributed by atoms with Crippen LogP contribution in [0.5, 0.6) is 0 Å². The summed E-state index contributed by atoms with van der Waals surface area (Å²) in [5, 5.41) is 12.0. The van der Waals surface area contributed by atoms with Crippen molar-refractivity contribution in [2.75, 3.05) is 18.0 Å². The highest BCUT2D eigenvalue weighted by atomic mass is 16.4. The molecule has 19 heavy (non-hydrogen) atoms. The zero-order valence-corrected chi connectivity index (χ0v) is 11.1. The second-order valence-corrected chi connectivity index (χ2v) is 4.98. The number of fused-ring (bicyclic) bond motifs is 1. The largest absolute Gasteiger partial charge is 0.478 e. The number of carboxylic acids is 1. The van der Waals surface area contributed by atoms with Crippen LogP contribution >= 0.6 is 0 Å². The topological polar surface area (TPSA) is 69.6 Å². The van der Waals surface area contributed by atoms with Crippen LogP contribution in [-0.2, 0) is 11.2 Å². The summed E-state index contributed by atoms with van der Waals surface area (Å²) < 4.78 is 0. The van der Waals surface area contributed by atoms with Gasteiger partial charge in [0.2, 0.25) is 5.91 Å². The van der Waals surface area contributed by atoms with Crippen LogP contribution in [0.3, 0.4) is 0 Å². The molecule has 0 saturated heterocycles. The summed E-state index contributed by atoms with van der Waals surface area (Å²) in [5.74, 6) is -0.912. The molecular weight excluding hydrogens is 244 g/mol. The van der Waals surface area contributed by atoms with E-state index in [1.54, 1.807) is 23.1 Å². The number of carbonyl (C=O) groups is 2. The normalized spacial score (nSPS) is 13.7. The Balaban J connectivity index is 2.13. The molecule has 1 amide bonds. The molecular formula is C14H18N2O3. The van der Waals surface area contributed by atoms with Crippen molar-refractivity contribution >= 4 is 17.6 Å². The van der Waals surface area contributed by atoms with Gasteiger partial charge in [0, 0.05) is 18.3 Å². The van der Waals surface area contributed by atoms with Crippen LogP contribution in [0.1, 0.15) is 29.8 Å². The predicted octanol–water partition coefficient (Wildman–Crippen LogP) is 1.27. The second kappa shape index (κ2) is 5.40. The van der Waals surface area contributed by atoms with Gasteiger partial charge in [0.15, 0.2) is 0 Å². The summed E-state index contributed by atoms with van der Waals surface area (Å²) in [6, 6.07) is 5.18. The summed E-state index contributed by atoms with van der Waals surface area (Å²) in [5.41, 5.74) is 2.03. The first-order valence-electron chi connectivity index (χ1n) is 6.39. The van der Waals surface area contributed by atoms with Gasteiger partial charge in [0.05, 0.1) is 12.1 Å². The van der Waals surface area contributed by atoms with Gasteiger partial charge in [0.1, 0.15) is 0 Å². The molecule has 0 saturated carbocycles. The number of aromatic carboxylic acids is 1. The van der Waals surface area contributed by atoms with Crippen LogP contribution in [0.4, 0.5) is 5.69 Å². The van der Waals surface area contributed by atoms with Crippen LogP contribution in [0.15, 0.2) is 18.2 Å². The lowest BCUT2D eigenvalue weighted by molar-refractivity contribution is -0.117. The number of nitrogens with one attached hydrogen (secondary N) is 1. The molecule has 5 heteroatoms. The fraction of sp³-hybridized carbons (Fsp3) is 0.429. The van der Waals surface area contributed by atoms with Crippen molar-refractivity contribution in [1.82, 2.24) is 5.32 Å². The minimum absolute atomic E-state index is 0.0236. The van der Waals surface area contributed by atoms with Crippen molar-refractivity contribution < 1.29 is 14.7 Å². The molecule has 1 aliphatic rings. The zero-order valence-electron chi connectivity index (χ0n) is 11.1. The molecule has 0 unspecified atom stereocenters. The molecule has 5 nitrogen and oxygen atoms in total. The molecule has 1 aliphatic heterocycles. The Hall–Kier alpha value is -1.88. The van der Waals surface area contributed by atoms with Crippen LogP contribution in [0.2, 0.25) is 0 Å². The Bertz CT molecular complexity index is 511. The summed E-state index contributed by atoms with van der Waals surface area (Å²) in [7, 11) is 0. The molecule has 1 aromatic carbocycles. The smallest absolute Gasteiger partial charge is 0.335 e. The highest BCUT2D eigenvalue weighted by Crippen LogP contribution is 2.28. The van der Waals surface area contributed by atoms with E-state index in [0.717, 1.165) is 11.3 Å². The van der Waals surface area contributed by atoms with E-state index in [0.29, 0.717) is 19.5 Å². The average Bonchev–Trinajstić information content (AvgIpc) is 2.78. The van der Waals surface area contributed by atoms with E-state index < -0.39 is 5.97 Å². The van der Waals surface area contributed by atoms with Crippen molar-refractivity contribution in [3.63, 3.8) is 0 Å². The SMILES string of the molecule is CC(C)NCC(=O)N1CCc2cc(C(=O)O)ccc21. The highest BCUT2D eigenvalue weighted by Gasteiger charge is 2.25. The Morgan fingerprint density at radius 3 is 2.79 bits per heavy atom. The molecule has 0 spiro atoms. The Morgan fingerprint density at radius 2 is 2.16 bits per heavy atom. The van der Waals surface area contributed by atoms with Gasteiger partial charge in [-0.15, -0.1) is 0 Å². The monoisotopic (exact) mass is 262 g/mol. The molecule has 0 radical (unpaired) electrons. The highest BCUT2D eigenvalue weighted by molar-refractivity contribution is 5.98. The van der Waals surface area contributed by atoms with Gasteiger partial charge in [-0.3, -0.25) is 4.79 Å². The van der Waals surface area contributed by atoms with Gasteiger partial charge in [-0.1, -0.05) is 13.8 Å². The van der Waals surface area contributed by atoms with E-state index in [9.17, 15) is 9.59 Å². The number of hydrogen-bond acceptors (Lipinski definition) is 3. The minimum Gasteiger partial charge on any atom is -0.478 e. The van der Waals surface area contributed by atoms with E-state index in [1.165, 1.54) is 0 Å². The van der Waals surface area contributed by atoms with Crippen LogP contribution in [-0.4, -0.2) is 36.1 Å². The van der Waals surface area contributed by atoms with Gasteiger partial charge < -0.3 is 15.3 Å². The van der Waals surface area contributed by atoms with Crippen molar-refractivity contribution in [3.8, 4) is 0 Å². The number of nitrogens with zero attached hydrogens (tertiary/aromatic N) is 1. The third-order valence-corrected chi connectivity index (χ3v) is 3.18. The zero-order chi connectivity index (χ0) is 14.0. The summed E-state index contributed by atoms with van der Waals surface area (Å²) in [6.07, 6.45) is 0.712. The second-order valence-electron chi connectivity index (χ2n) is 4.98. The quantitative estimate of drug-likeness (QED) is 0.857. The van der Waals surface area contributed by atoms with Gasteiger partial charge in [-0.25, -0.2) is 4.79 Å². The van der Waals surface area contributed by atoms with E-state index in [4.69, 9.17) is 5.11 Å². The van der Waals surface area contributed by atoms with Crippen molar-refractivity contribution in [2.45, 2.75) is 26.3 Å². The first-order chi connectivity index (χ1) is 8.99. The van der Waals surface area contributed by atoms with Crippen molar-refractivity contribution in [3.05, 3.63) is 29.3 Å². The standard InChI is InChI=1S/C14H18N2O3/c1-9(2)15-8-13(17)16-6-5-10-7-11(14(18)19)3-4-12(10)16/h3-4,7,9,15H,5-6,8H2,1-2H3,(H,18,19). The number of rotatable bonds is 4. The van der Waals surface area contributed by atoms with Gasteiger partial charge in [-0.2, -0.15) is 0 Å². The molecule has 0 atom stereocenters. The van der Waals surface area contributed by atoms with Crippen LogP contribution in [0, 0.1) is 0 Å². The van der Waals surface area contributed by atoms with E-state index >= 15 is 0 Å². The molecule has 0 fully saturated rings. The summed E-state index contributed by atoms with van der Waals surface area (Å²) in [6.45, 7) is 4.91. The van der Waals surface area contributed by atoms with Crippen molar-refractivity contribution in [2.24, 2.45) is 0 Å². The Labute approximate surface area is 112 Å². The van der Waals surface area contributed by atoms with E-state index in [1.807, 2.05) is 13.8 Å². The average molecular weight is 262 g/mol. The predicted molar refractivity (Wildman–Crippen MR) is 72.6 cm³/mol. The summed E-state index contributed by atoms with van der Waals surface area (Å²) >= 11 is 0. The fourth-order valence-corrected chi connectivity index (χ4v) is 2.18. The number of carbonyl (C=O) groups excluding carboxylic acids is 1. The maximum atomic E-state index is 12.1. The Kier molecular flexibility index (Phi) is 3.85. The number of carboxylic acid groups (broad SMARTS) is 1. The fourth-order valence-electron chi connectivity index (χ4n) is 2.18. The van der Waals surface area contributed by atoms with E-state index in [2.05, 4.69) is 5.32 Å². The molecule has 0 aliphatic carbocycles. The number of amides is 1. The lowest BCUT2D eigenvalue weighted by Gasteiger charge is -2.18. The third-order valence-electron chi connectivity index (χ3n) is 3.18.